The maximum Gasteiger partial charge on any atom is 0.179 e. The number of hydrogen-bond acceptors (Lipinski definition) is 2. The topological polar surface area (TPSA) is 20.3 Å². The molecule has 0 aliphatic heterocycles. The molecule has 2 nitrogen and oxygen atoms in total. The number of ketones is 1. The summed E-state index contributed by atoms with van der Waals surface area (Å²) in [5.41, 5.74) is 2.20. The van der Waals surface area contributed by atoms with Crippen LogP contribution >= 0.6 is 0 Å². The van der Waals surface area contributed by atoms with Gasteiger partial charge in [0.25, 0.3) is 0 Å². The molecule has 24 heavy (non-hydrogen) atoms. The predicted molar refractivity (Wildman–Crippen MR) is 92.2 cm³/mol. The Hall–Kier alpha value is -2.07. The highest BCUT2D eigenvalue weighted by Gasteiger charge is 2.16. The van der Waals surface area contributed by atoms with Crippen LogP contribution in [0.2, 0.25) is 0 Å². The van der Waals surface area contributed by atoms with Crippen LogP contribution in [-0.2, 0) is 12.0 Å². The smallest absolute Gasteiger partial charge is 0.179 e. The van der Waals surface area contributed by atoms with E-state index in [0.717, 1.165) is 23.8 Å². The fraction of sp³-hybridized carbons (Fsp3) is 0.350. The fourth-order valence-electron chi connectivity index (χ4n) is 2.52. The van der Waals surface area contributed by atoms with Gasteiger partial charge in [0.15, 0.2) is 5.78 Å². The van der Waals surface area contributed by atoms with Crippen molar-refractivity contribution in [2.24, 2.45) is 0 Å². The summed E-state index contributed by atoms with van der Waals surface area (Å²) < 4.78 is 26.8. The molecule has 0 heterocycles. The van der Waals surface area contributed by atoms with E-state index in [1.165, 1.54) is 5.56 Å². The predicted octanol–water partition coefficient (Wildman–Crippen LogP) is 4.58. The summed E-state index contributed by atoms with van der Waals surface area (Å²) in [6.45, 7) is 7.05. The minimum Gasteiger partial charge on any atom is -0.295 e. The first-order chi connectivity index (χ1) is 11.2. The fourth-order valence-corrected chi connectivity index (χ4v) is 2.52. The molecule has 0 spiro atoms. The lowest BCUT2D eigenvalue weighted by Gasteiger charge is -2.20. The molecule has 0 unspecified atom stereocenters. The first-order valence-electron chi connectivity index (χ1n) is 7.93. The SMILES string of the molecule is CN(CC(=O)c1cc(F)ccc1F)Cc1ccc(C(C)(C)C)cc1. The van der Waals surface area contributed by atoms with Crippen LogP contribution in [0.4, 0.5) is 8.78 Å². The van der Waals surface area contributed by atoms with Gasteiger partial charge in [0.1, 0.15) is 11.6 Å². The van der Waals surface area contributed by atoms with Gasteiger partial charge >= 0.3 is 0 Å². The van der Waals surface area contributed by atoms with Crippen LogP contribution in [-0.4, -0.2) is 24.3 Å². The molecule has 2 aromatic rings. The number of likely N-dealkylation sites (N-methyl/N-ethyl adjacent to an activating group) is 1. The van der Waals surface area contributed by atoms with Crippen LogP contribution < -0.4 is 0 Å². The Morgan fingerprint density at radius 1 is 1.04 bits per heavy atom. The Kier molecular flexibility index (Phi) is 5.50. The quantitative estimate of drug-likeness (QED) is 0.748. The number of hydrogen-bond donors (Lipinski definition) is 0. The van der Waals surface area contributed by atoms with Crippen molar-refractivity contribution >= 4 is 5.78 Å². The van der Waals surface area contributed by atoms with Gasteiger partial charge in [-0.25, -0.2) is 8.78 Å². The van der Waals surface area contributed by atoms with Gasteiger partial charge in [0.2, 0.25) is 0 Å². The molecule has 4 heteroatoms. The number of Topliss-reactive ketones (excluding diaryl/α,β-unsaturated/α-hetero) is 1. The second kappa shape index (κ2) is 7.22. The molecule has 0 saturated heterocycles. The molecular weight excluding hydrogens is 308 g/mol. The molecule has 0 bridgehead atoms. The lowest BCUT2D eigenvalue weighted by atomic mass is 9.87. The second-order valence-corrected chi connectivity index (χ2v) is 7.17. The molecule has 0 aliphatic rings. The molecule has 2 rings (SSSR count). The molecule has 0 N–H and O–H groups in total. The number of halogens is 2. The highest BCUT2D eigenvalue weighted by molar-refractivity contribution is 5.97. The number of rotatable bonds is 5. The van der Waals surface area contributed by atoms with E-state index in [2.05, 4.69) is 32.9 Å². The molecule has 2 aromatic carbocycles. The molecular formula is C20H23F2NO. The minimum atomic E-state index is -0.690. The average Bonchev–Trinajstić information content (AvgIpc) is 2.49. The van der Waals surface area contributed by atoms with E-state index in [4.69, 9.17) is 0 Å². The monoisotopic (exact) mass is 331 g/mol. The van der Waals surface area contributed by atoms with Crippen molar-refractivity contribution in [1.29, 1.82) is 0 Å². The number of carbonyl (C=O) groups is 1. The second-order valence-electron chi connectivity index (χ2n) is 7.17. The minimum absolute atomic E-state index is 0.0292. The van der Waals surface area contributed by atoms with E-state index in [9.17, 15) is 13.6 Å². The highest BCUT2D eigenvalue weighted by atomic mass is 19.1. The van der Waals surface area contributed by atoms with Crippen molar-refractivity contribution in [3.8, 4) is 0 Å². The molecule has 0 radical (unpaired) electrons. The van der Waals surface area contributed by atoms with Crippen LogP contribution in [0.25, 0.3) is 0 Å². The van der Waals surface area contributed by atoms with Crippen LogP contribution in [0, 0.1) is 11.6 Å². The first kappa shape index (κ1) is 18.3. The molecule has 0 aromatic heterocycles. The van der Waals surface area contributed by atoms with Gasteiger partial charge in [0, 0.05) is 6.54 Å². The van der Waals surface area contributed by atoms with Crippen LogP contribution in [0.3, 0.4) is 0 Å². The zero-order chi connectivity index (χ0) is 17.9. The third-order valence-corrected chi connectivity index (χ3v) is 3.91. The van der Waals surface area contributed by atoms with E-state index in [1.54, 1.807) is 11.9 Å². The Morgan fingerprint density at radius 2 is 1.67 bits per heavy atom. The van der Waals surface area contributed by atoms with Gasteiger partial charge in [-0.1, -0.05) is 45.0 Å². The Labute approximate surface area is 142 Å². The summed E-state index contributed by atoms with van der Waals surface area (Å²) >= 11 is 0. The van der Waals surface area contributed by atoms with Crippen molar-refractivity contribution in [2.45, 2.75) is 32.7 Å². The number of carbonyl (C=O) groups excluding carboxylic acids is 1. The molecule has 0 atom stereocenters. The first-order valence-corrected chi connectivity index (χ1v) is 7.93. The molecule has 0 aliphatic carbocycles. The maximum atomic E-state index is 13.6. The van der Waals surface area contributed by atoms with Crippen molar-refractivity contribution < 1.29 is 13.6 Å². The van der Waals surface area contributed by atoms with Crippen molar-refractivity contribution in [1.82, 2.24) is 4.90 Å². The van der Waals surface area contributed by atoms with Crippen LogP contribution in [0.1, 0.15) is 42.3 Å². The van der Waals surface area contributed by atoms with Gasteiger partial charge < -0.3 is 0 Å². The van der Waals surface area contributed by atoms with Gasteiger partial charge in [-0.05, 0) is 41.8 Å². The van der Waals surface area contributed by atoms with E-state index < -0.39 is 17.4 Å². The Morgan fingerprint density at radius 3 is 2.25 bits per heavy atom. The summed E-state index contributed by atoms with van der Waals surface area (Å²) in [7, 11) is 1.78. The molecule has 0 amide bonds. The van der Waals surface area contributed by atoms with Gasteiger partial charge in [0.05, 0.1) is 12.1 Å². The summed E-state index contributed by atoms with van der Waals surface area (Å²) in [6, 6.07) is 11.2. The van der Waals surface area contributed by atoms with Crippen LogP contribution in [0.5, 0.6) is 0 Å². The van der Waals surface area contributed by atoms with E-state index in [0.29, 0.717) is 6.54 Å². The van der Waals surface area contributed by atoms with Gasteiger partial charge in [-0.15, -0.1) is 0 Å². The standard InChI is InChI=1S/C20H23F2NO/c1-20(2,3)15-7-5-14(6-8-15)12-23(4)13-19(24)17-11-16(21)9-10-18(17)22/h5-11H,12-13H2,1-4H3. The zero-order valence-corrected chi connectivity index (χ0v) is 14.6. The summed E-state index contributed by atoms with van der Waals surface area (Å²) in [5, 5.41) is 0. The van der Waals surface area contributed by atoms with E-state index in [1.807, 2.05) is 12.1 Å². The number of benzene rings is 2. The molecule has 0 saturated carbocycles. The van der Waals surface area contributed by atoms with Gasteiger partial charge in [-0.2, -0.15) is 0 Å². The van der Waals surface area contributed by atoms with Crippen molar-refractivity contribution in [2.75, 3.05) is 13.6 Å². The molecule has 128 valence electrons. The third kappa shape index (κ3) is 4.71. The van der Waals surface area contributed by atoms with E-state index >= 15 is 0 Å². The van der Waals surface area contributed by atoms with Gasteiger partial charge in [-0.3, -0.25) is 9.69 Å². The summed E-state index contributed by atoms with van der Waals surface area (Å²) in [6.07, 6.45) is 0. The van der Waals surface area contributed by atoms with Crippen molar-refractivity contribution in [3.05, 3.63) is 70.8 Å². The summed E-state index contributed by atoms with van der Waals surface area (Å²) in [5.74, 6) is -1.73. The average molecular weight is 331 g/mol. The van der Waals surface area contributed by atoms with E-state index in [-0.39, 0.29) is 17.5 Å². The lowest BCUT2D eigenvalue weighted by molar-refractivity contribution is 0.0938. The normalized spacial score (nSPS) is 11.8. The zero-order valence-electron chi connectivity index (χ0n) is 14.6. The number of nitrogens with zero attached hydrogens (tertiary/aromatic N) is 1. The summed E-state index contributed by atoms with van der Waals surface area (Å²) in [4.78, 5) is 13.9. The van der Waals surface area contributed by atoms with Crippen molar-refractivity contribution in [3.63, 3.8) is 0 Å². The van der Waals surface area contributed by atoms with Crippen LogP contribution in [0.15, 0.2) is 42.5 Å². The third-order valence-electron chi connectivity index (χ3n) is 3.91. The lowest BCUT2D eigenvalue weighted by Crippen LogP contribution is -2.26. The highest BCUT2D eigenvalue weighted by Crippen LogP contribution is 2.22. The Balaban J connectivity index is 2.01. The molecule has 0 fully saturated rings. The maximum absolute atomic E-state index is 13.6. The largest absolute Gasteiger partial charge is 0.295 e. The Bertz CT molecular complexity index is 717.